The molecule has 1 aromatic heterocycles. The van der Waals surface area contributed by atoms with Crippen molar-refractivity contribution < 1.29 is 18.0 Å². The van der Waals surface area contributed by atoms with E-state index in [9.17, 15) is 18.0 Å². The molecule has 0 radical (unpaired) electrons. The minimum atomic E-state index is -4.48. The second-order valence-electron chi connectivity index (χ2n) is 4.69. The maximum Gasteiger partial charge on any atom is 0.443 e. The summed E-state index contributed by atoms with van der Waals surface area (Å²) in [5.74, 6) is -0.284. The molecule has 1 saturated carbocycles. The lowest BCUT2D eigenvalue weighted by Gasteiger charge is -2.40. The van der Waals surface area contributed by atoms with Crippen molar-refractivity contribution in [3.05, 3.63) is 16.1 Å². The van der Waals surface area contributed by atoms with E-state index in [2.05, 4.69) is 4.98 Å². The number of halogens is 3. The molecule has 2 N–H and O–H groups in total. The molecule has 1 aliphatic carbocycles. The molecule has 0 aliphatic heterocycles. The van der Waals surface area contributed by atoms with Gasteiger partial charge in [0.05, 0.1) is 4.88 Å². The molecule has 3 nitrogen and oxygen atoms in total. The average Bonchev–Trinajstić information content (AvgIpc) is 2.71. The molecule has 0 spiro atoms. The van der Waals surface area contributed by atoms with Gasteiger partial charge in [-0.2, -0.15) is 13.2 Å². The minimum Gasteiger partial charge on any atom is -0.330 e. The quantitative estimate of drug-likeness (QED) is 0.862. The van der Waals surface area contributed by atoms with Crippen LogP contribution in [0.4, 0.5) is 13.2 Å². The van der Waals surface area contributed by atoms with Crippen LogP contribution in [-0.2, 0) is 6.18 Å². The number of hydrogen-bond donors (Lipinski definition) is 1. The van der Waals surface area contributed by atoms with Gasteiger partial charge in [0.1, 0.15) is 0 Å². The van der Waals surface area contributed by atoms with E-state index in [0.29, 0.717) is 17.9 Å². The fourth-order valence-electron chi connectivity index (χ4n) is 2.09. The van der Waals surface area contributed by atoms with E-state index in [-0.39, 0.29) is 22.5 Å². The summed E-state index contributed by atoms with van der Waals surface area (Å²) in [7, 11) is 0. The highest BCUT2D eigenvalue weighted by Crippen LogP contribution is 2.44. The normalized spacial score (nSPS) is 18.4. The smallest absolute Gasteiger partial charge is 0.330 e. The molecule has 0 atom stereocenters. The predicted molar refractivity (Wildman–Crippen MR) is 61.4 cm³/mol. The Labute approximate surface area is 106 Å². The number of thiazole rings is 1. The van der Waals surface area contributed by atoms with E-state index < -0.39 is 11.2 Å². The maximum atomic E-state index is 12.4. The fraction of sp³-hybridized carbons (Fsp3) is 0.636. The second-order valence-corrected chi connectivity index (χ2v) is 5.72. The molecule has 0 bridgehead atoms. The topological polar surface area (TPSA) is 56.0 Å². The van der Waals surface area contributed by atoms with Crippen LogP contribution >= 0.6 is 11.3 Å². The molecule has 1 aromatic rings. The summed E-state index contributed by atoms with van der Waals surface area (Å²) >= 11 is 0.407. The highest BCUT2D eigenvalue weighted by molar-refractivity contribution is 7.13. The monoisotopic (exact) mass is 278 g/mol. The van der Waals surface area contributed by atoms with Crippen molar-refractivity contribution in [1.82, 2.24) is 4.98 Å². The van der Waals surface area contributed by atoms with Crippen molar-refractivity contribution >= 4 is 17.1 Å². The highest BCUT2D eigenvalue weighted by atomic mass is 32.1. The number of nitrogens with two attached hydrogens (primary N) is 1. The lowest BCUT2D eigenvalue weighted by atomic mass is 9.66. The Morgan fingerprint density at radius 1 is 1.50 bits per heavy atom. The van der Waals surface area contributed by atoms with Gasteiger partial charge in [0.15, 0.2) is 10.8 Å². The van der Waals surface area contributed by atoms with Gasteiger partial charge in [0, 0.05) is 12.6 Å². The fourth-order valence-corrected chi connectivity index (χ4v) is 2.81. The Balaban J connectivity index is 2.08. The summed E-state index contributed by atoms with van der Waals surface area (Å²) in [5.41, 5.74) is 5.43. The van der Waals surface area contributed by atoms with E-state index in [0.717, 1.165) is 25.5 Å². The van der Waals surface area contributed by atoms with E-state index in [1.807, 2.05) is 0 Å². The molecule has 0 unspecified atom stereocenters. The number of rotatable bonds is 4. The summed E-state index contributed by atoms with van der Waals surface area (Å²) in [4.78, 5) is 15.2. The van der Waals surface area contributed by atoms with Crippen molar-refractivity contribution in [2.75, 3.05) is 6.54 Å². The third-order valence-electron chi connectivity index (χ3n) is 3.41. The van der Waals surface area contributed by atoms with Crippen LogP contribution in [0.5, 0.6) is 0 Å². The number of hydrogen-bond acceptors (Lipinski definition) is 4. The number of carbonyl (C=O) groups is 1. The van der Waals surface area contributed by atoms with E-state index in [1.54, 1.807) is 0 Å². The number of aromatic nitrogens is 1. The van der Waals surface area contributed by atoms with Crippen LogP contribution in [0.25, 0.3) is 0 Å². The number of ketones is 1. The first kappa shape index (κ1) is 13.5. The lowest BCUT2D eigenvalue weighted by molar-refractivity contribution is -0.137. The number of carbonyl (C=O) groups excluding carboxylic acids is 1. The Morgan fingerprint density at radius 2 is 2.17 bits per heavy atom. The van der Waals surface area contributed by atoms with Gasteiger partial charge in [0.2, 0.25) is 0 Å². The SMILES string of the molecule is NCC1(CC(=O)c2cnc(C(F)(F)F)s2)CCC1. The van der Waals surface area contributed by atoms with Crippen LogP contribution in [-0.4, -0.2) is 17.3 Å². The van der Waals surface area contributed by atoms with Crippen molar-refractivity contribution in [3.63, 3.8) is 0 Å². The molecular formula is C11H13F3N2OS. The molecule has 2 rings (SSSR count). The first-order valence-electron chi connectivity index (χ1n) is 5.63. The van der Waals surface area contributed by atoms with Gasteiger partial charge in [0.25, 0.3) is 0 Å². The Morgan fingerprint density at radius 3 is 2.56 bits per heavy atom. The zero-order valence-corrected chi connectivity index (χ0v) is 10.4. The highest BCUT2D eigenvalue weighted by Gasteiger charge is 2.39. The van der Waals surface area contributed by atoms with E-state index in [1.165, 1.54) is 0 Å². The van der Waals surface area contributed by atoms with Gasteiger partial charge in [-0.25, -0.2) is 4.98 Å². The number of Topliss-reactive ketones (excluding diaryl/α,β-unsaturated/α-hetero) is 1. The zero-order valence-electron chi connectivity index (χ0n) is 9.59. The molecular weight excluding hydrogens is 265 g/mol. The standard InChI is InChI=1S/C11H13F3N2OS/c12-11(13,14)9-16-5-8(18-9)7(17)4-10(6-15)2-1-3-10/h5H,1-4,6,15H2. The van der Waals surface area contributed by atoms with Crippen LogP contribution in [0.1, 0.15) is 40.4 Å². The van der Waals surface area contributed by atoms with Crippen LogP contribution in [0, 0.1) is 5.41 Å². The molecule has 7 heteroatoms. The minimum absolute atomic E-state index is 0.0713. The number of nitrogens with zero attached hydrogens (tertiary/aromatic N) is 1. The van der Waals surface area contributed by atoms with Crippen molar-refractivity contribution in [1.29, 1.82) is 0 Å². The van der Waals surface area contributed by atoms with E-state index in [4.69, 9.17) is 5.73 Å². The number of alkyl halides is 3. The third-order valence-corrected chi connectivity index (χ3v) is 4.49. The third kappa shape index (κ3) is 2.56. The molecule has 0 aromatic carbocycles. The molecule has 18 heavy (non-hydrogen) atoms. The predicted octanol–water partition coefficient (Wildman–Crippen LogP) is 2.86. The second kappa shape index (κ2) is 4.62. The first-order valence-corrected chi connectivity index (χ1v) is 6.44. The maximum absolute atomic E-state index is 12.4. The zero-order chi connectivity index (χ0) is 13.4. The van der Waals surface area contributed by atoms with Crippen LogP contribution in [0.15, 0.2) is 6.20 Å². The Bertz CT molecular complexity index is 446. The summed E-state index contributed by atoms with van der Waals surface area (Å²) < 4.78 is 37.1. The summed E-state index contributed by atoms with van der Waals surface area (Å²) in [6.07, 6.45) is -0.464. The lowest BCUT2D eigenvalue weighted by Crippen LogP contribution is -2.39. The van der Waals surface area contributed by atoms with Crippen LogP contribution < -0.4 is 5.73 Å². The molecule has 1 fully saturated rings. The van der Waals surface area contributed by atoms with Gasteiger partial charge in [-0.1, -0.05) is 6.42 Å². The van der Waals surface area contributed by atoms with Crippen molar-refractivity contribution in [3.8, 4) is 0 Å². The van der Waals surface area contributed by atoms with Crippen LogP contribution in [0.3, 0.4) is 0 Å². The van der Waals surface area contributed by atoms with Crippen molar-refractivity contribution in [2.45, 2.75) is 31.9 Å². The van der Waals surface area contributed by atoms with E-state index >= 15 is 0 Å². The average molecular weight is 278 g/mol. The Hall–Kier alpha value is -0.950. The molecule has 100 valence electrons. The molecule has 1 aliphatic rings. The van der Waals surface area contributed by atoms with Gasteiger partial charge in [-0.3, -0.25) is 4.79 Å². The summed E-state index contributed by atoms with van der Waals surface area (Å²) in [6, 6.07) is 0. The van der Waals surface area contributed by atoms with Gasteiger partial charge >= 0.3 is 6.18 Å². The largest absolute Gasteiger partial charge is 0.443 e. The Kier molecular flexibility index (Phi) is 3.46. The van der Waals surface area contributed by atoms with Gasteiger partial charge in [-0.05, 0) is 24.8 Å². The van der Waals surface area contributed by atoms with Gasteiger partial charge < -0.3 is 5.73 Å². The molecule has 0 saturated heterocycles. The summed E-state index contributed by atoms with van der Waals surface area (Å²) in [5, 5.41) is -0.971. The van der Waals surface area contributed by atoms with Gasteiger partial charge in [-0.15, -0.1) is 11.3 Å². The summed E-state index contributed by atoms with van der Waals surface area (Å²) in [6.45, 7) is 0.406. The molecule has 1 heterocycles. The molecule has 0 amide bonds. The van der Waals surface area contributed by atoms with Crippen molar-refractivity contribution in [2.24, 2.45) is 11.1 Å². The van der Waals surface area contributed by atoms with Crippen LogP contribution in [0.2, 0.25) is 0 Å². The first-order chi connectivity index (χ1) is 8.36.